The Balaban J connectivity index is 0.00000180. The van der Waals surface area contributed by atoms with Crippen LogP contribution in [-0.2, 0) is 0 Å². The van der Waals surface area contributed by atoms with Gasteiger partial charge >= 0.3 is 0 Å². The van der Waals surface area contributed by atoms with Crippen LogP contribution in [0.15, 0.2) is 29.3 Å². The molecule has 0 aromatic heterocycles. The average Bonchev–Trinajstić information content (AvgIpc) is 2.38. The number of ether oxygens (including phenoxy) is 1. The maximum absolute atomic E-state index is 13.0. The summed E-state index contributed by atoms with van der Waals surface area (Å²) in [5, 5.41) is 6.35. The van der Waals surface area contributed by atoms with Crippen molar-refractivity contribution in [3.05, 3.63) is 30.1 Å². The Hall–Kier alpha value is -1.05. The molecule has 0 spiro atoms. The van der Waals surface area contributed by atoms with E-state index < -0.39 is 0 Å². The standard InChI is InChI=1S/C13H18FN3O.HI/c1-10(9-17-13-15-6-3-7-16-13)18-12-5-2-4-11(14)8-12;/h2,4-5,8,10H,3,6-7,9H2,1H3,(H2,15,16,17);1H. The van der Waals surface area contributed by atoms with Crippen LogP contribution in [0.25, 0.3) is 0 Å². The number of benzene rings is 1. The van der Waals surface area contributed by atoms with Gasteiger partial charge in [-0.25, -0.2) is 4.39 Å². The third-order valence-corrected chi connectivity index (χ3v) is 2.59. The Morgan fingerprint density at radius 1 is 1.53 bits per heavy atom. The predicted molar refractivity (Wildman–Crippen MR) is 84.8 cm³/mol. The van der Waals surface area contributed by atoms with Crippen molar-refractivity contribution in [2.75, 3.05) is 19.6 Å². The number of guanidine groups is 1. The summed E-state index contributed by atoms with van der Waals surface area (Å²) in [5.74, 6) is 1.07. The first-order valence-electron chi connectivity index (χ1n) is 6.18. The molecular formula is C13H19FIN3O. The first kappa shape index (κ1) is 16.0. The Kier molecular flexibility index (Phi) is 6.90. The monoisotopic (exact) mass is 379 g/mol. The molecule has 2 rings (SSSR count). The minimum Gasteiger partial charge on any atom is -0.489 e. The molecule has 106 valence electrons. The topological polar surface area (TPSA) is 45.7 Å². The Bertz CT molecular complexity index is 428. The molecule has 0 aliphatic carbocycles. The van der Waals surface area contributed by atoms with Crippen LogP contribution in [0.1, 0.15) is 13.3 Å². The van der Waals surface area contributed by atoms with Gasteiger partial charge in [-0.1, -0.05) is 6.07 Å². The molecule has 2 N–H and O–H groups in total. The molecule has 0 radical (unpaired) electrons. The van der Waals surface area contributed by atoms with Crippen molar-refractivity contribution in [3.63, 3.8) is 0 Å². The second-order valence-corrected chi connectivity index (χ2v) is 4.28. The van der Waals surface area contributed by atoms with Crippen LogP contribution < -0.4 is 15.4 Å². The van der Waals surface area contributed by atoms with Crippen LogP contribution in [0.5, 0.6) is 5.75 Å². The summed E-state index contributed by atoms with van der Waals surface area (Å²) in [7, 11) is 0. The number of nitrogens with one attached hydrogen (secondary N) is 2. The van der Waals surface area contributed by atoms with Crippen molar-refractivity contribution in [2.45, 2.75) is 19.4 Å². The first-order chi connectivity index (χ1) is 8.74. The van der Waals surface area contributed by atoms with E-state index in [4.69, 9.17) is 4.74 Å². The minimum absolute atomic E-state index is 0. The zero-order chi connectivity index (χ0) is 12.8. The number of halogens is 2. The predicted octanol–water partition coefficient (Wildman–Crippen LogP) is 2.15. The molecule has 0 saturated carbocycles. The molecule has 6 heteroatoms. The normalized spacial score (nSPS) is 15.6. The number of rotatable bonds is 4. The van der Waals surface area contributed by atoms with Crippen LogP contribution >= 0.6 is 24.0 Å². The van der Waals surface area contributed by atoms with Crippen molar-refractivity contribution < 1.29 is 9.13 Å². The SMILES string of the molecule is CC(CNC1=NCCCN1)Oc1cccc(F)c1.I. The summed E-state index contributed by atoms with van der Waals surface area (Å²) in [5.41, 5.74) is 0. The zero-order valence-electron chi connectivity index (χ0n) is 10.9. The highest BCUT2D eigenvalue weighted by Gasteiger charge is 2.07. The van der Waals surface area contributed by atoms with Crippen LogP contribution in [-0.4, -0.2) is 31.7 Å². The Morgan fingerprint density at radius 3 is 3.05 bits per heavy atom. The molecule has 0 amide bonds. The lowest BCUT2D eigenvalue weighted by atomic mass is 10.3. The molecule has 0 fully saturated rings. The van der Waals surface area contributed by atoms with Gasteiger partial charge in [0.15, 0.2) is 5.96 Å². The molecule has 0 bridgehead atoms. The largest absolute Gasteiger partial charge is 0.489 e. The van der Waals surface area contributed by atoms with Gasteiger partial charge in [-0.3, -0.25) is 4.99 Å². The van der Waals surface area contributed by atoms with Gasteiger partial charge in [-0.05, 0) is 25.5 Å². The van der Waals surface area contributed by atoms with Gasteiger partial charge < -0.3 is 15.4 Å². The maximum Gasteiger partial charge on any atom is 0.191 e. The maximum atomic E-state index is 13.0. The van der Waals surface area contributed by atoms with Crippen molar-refractivity contribution in [3.8, 4) is 5.75 Å². The van der Waals surface area contributed by atoms with E-state index in [0.717, 1.165) is 25.5 Å². The molecular weight excluding hydrogens is 360 g/mol. The molecule has 1 heterocycles. The highest BCUT2D eigenvalue weighted by Crippen LogP contribution is 2.13. The van der Waals surface area contributed by atoms with Crippen LogP contribution in [0, 0.1) is 5.82 Å². The number of hydrogen-bond acceptors (Lipinski definition) is 4. The Morgan fingerprint density at radius 2 is 2.37 bits per heavy atom. The average molecular weight is 379 g/mol. The van der Waals surface area contributed by atoms with Gasteiger partial charge in [-0.15, -0.1) is 24.0 Å². The van der Waals surface area contributed by atoms with E-state index in [1.807, 2.05) is 6.92 Å². The van der Waals surface area contributed by atoms with Crippen molar-refractivity contribution >= 4 is 29.9 Å². The number of hydrogen-bond donors (Lipinski definition) is 2. The summed E-state index contributed by atoms with van der Waals surface area (Å²) in [6.45, 7) is 4.36. The number of aliphatic imine (C=N–C) groups is 1. The van der Waals surface area contributed by atoms with Crippen LogP contribution in [0.4, 0.5) is 4.39 Å². The zero-order valence-corrected chi connectivity index (χ0v) is 13.2. The van der Waals surface area contributed by atoms with Gasteiger partial charge in [0.1, 0.15) is 17.7 Å². The summed E-state index contributed by atoms with van der Waals surface area (Å²) in [6, 6.07) is 6.16. The molecule has 4 nitrogen and oxygen atoms in total. The lowest BCUT2D eigenvalue weighted by Crippen LogP contribution is -2.44. The van der Waals surface area contributed by atoms with Crippen molar-refractivity contribution in [1.29, 1.82) is 0 Å². The highest BCUT2D eigenvalue weighted by molar-refractivity contribution is 14.0. The first-order valence-corrected chi connectivity index (χ1v) is 6.18. The third-order valence-electron chi connectivity index (χ3n) is 2.59. The molecule has 1 aliphatic heterocycles. The van der Waals surface area contributed by atoms with Crippen LogP contribution in [0.2, 0.25) is 0 Å². The van der Waals surface area contributed by atoms with Gasteiger partial charge in [0.05, 0.1) is 6.54 Å². The second-order valence-electron chi connectivity index (χ2n) is 4.28. The van der Waals surface area contributed by atoms with Crippen LogP contribution in [0.3, 0.4) is 0 Å². The van der Waals surface area contributed by atoms with E-state index in [2.05, 4.69) is 15.6 Å². The van der Waals surface area contributed by atoms with E-state index in [1.54, 1.807) is 12.1 Å². The number of nitrogens with zero attached hydrogens (tertiary/aromatic N) is 1. The molecule has 1 aromatic carbocycles. The van der Waals surface area contributed by atoms with Crippen molar-refractivity contribution in [2.24, 2.45) is 4.99 Å². The van der Waals surface area contributed by atoms with Gasteiger partial charge in [-0.2, -0.15) is 0 Å². The lowest BCUT2D eigenvalue weighted by Gasteiger charge is -2.19. The molecule has 19 heavy (non-hydrogen) atoms. The smallest absolute Gasteiger partial charge is 0.191 e. The third kappa shape index (κ3) is 5.63. The van der Waals surface area contributed by atoms with E-state index >= 15 is 0 Å². The van der Waals surface area contributed by atoms with E-state index in [0.29, 0.717) is 12.3 Å². The highest BCUT2D eigenvalue weighted by atomic mass is 127. The fourth-order valence-electron chi connectivity index (χ4n) is 1.71. The molecule has 0 saturated heterocycles. The van der Waals surface area contributed by atoms with E-state index in [1.165, 1.54) is 12.1 Å². The quantitative estimate of drug-likeness (QED) is 0.789. The van der Waals surface area contributed by atoms with E-state index in [9.17, 15) is 4.39 Å². The van der Waals surface area contributed by atoms with Crippen molar-refractivity contribution in [1.82, 2.24) is 10.6 Å². The molecule has 1 aliphatic rings. The summed E-state index contributed by atoms with van der Waals surface area (Å²) in [6.07, 6.45) is 1.01. The fourth-order valence-corrected chi connectivity index (χ4v) is 1.71. The summed E-state index contributed by atoms with van der Waals surface area (Å²) >= 11 is 0. The molecule has 1 aromatic rings. The molecule has 1 atom stereocenters. The summed E-state index contributed by atoms with van der Waals surface area (Å²) < 4.78 is 18.6. The Labute approximate surface area is 129 Å². The lowest BCUT2D eigenvalue weighted by molar-refractivity contribution is 0.223. The van der Waals surface area contributed by atoms with Gasteiger partial charge in [0, 0.05) is 19.2 Å². The summed E-state index contributed by atoms with van der Waals surface area (Å²) in [4.78, 5) is 4.30. The van der Waals surface area contributed by atoms with E-state index in [-0.39, 0.29) is 35.9 Å². The minimum atomic E-state index is -0.286. The van der Waals surface area contributed by atoms with Gasteiger partial charge in [0.25, 0.3) is 0 Å². The fraction of sp³-hybridized carbons (Fsp3) is 0.462. The second kappa shape index (κ2) is 8.19. The molecule has 1 unspecified atom stereocenters. The van der Waals surface area contributed by atoms with Gasteiger partial charge in [0.2, 0.25) is 0 Å².